The fraction of sp³-hybridized carbons (Fsp3) is 0.200. The van der Waals surface area contributed by atoms with Crippen LogP contribution in [0.2, 0.25) is 0 Å². The number of methoxy groups -OCH3 is 2. The van der Waals surface area contributed by atoms with E-state index in [2.05, 4.69) is 9.89 Å². The molecule has 9 heteroatoms. The first-order valence-corrected chi connectivity index (χ1v) is 11.1. The minimum absolute atomic E-state index is 0.0830. The van der Waals surface area contributed by atoms with Crippen molar-refractivity contribution in [3.05, 3.63) is 65.2 Å². The first-order chi connectivity index (χ1) is 13.7. The number of oxime groups is 1. The molecule has 1 unspecified atom stereocenters. The Balaban J connectivity index is 2.21. The van der Waals surface area contributed by atoms with Crippen molar-refractivity contribution in [3.8, 4) is 0 Å². The molecule has 0 bridgehead atoms. The summed E-state index contributed by atoms with van der Waals surface area (Å²) in [4.78, 5) is 24.2. The lowest BCUT2D eigenvalue weighted by Crippen LogP contribution is -2.14. The van der Waals surface area contributed by atoms with Crippen molar-refractivity contribution in [1.82, 2.24) is 0 Å². The molecule has 0 radical (unpaired) electrons. The quantitative estimate of drug-likeness (QED) is 0.178. The third-order valence-electron chi connectivity index (χ3n) is 3.55. The second-order valence-corrected chi connectivity index (χ2v) is 9.04. The van der Waals surface area contributed by atoms with Crippen LogP contribution < -0.4 is 0 Å². The largest absolute Gasteiger partial charge is 0.465 e. The Hall–Kier alpha value is -2.78. The predicted molar refractivity (Wildman–Crippen MR) is 115 cm³/mol. The molecule has 0 aliphatic carbocycles. The Morgan fingerprint density at radius 3 is 2.17 bits per heavy atom. The number of aryl methyl sites for hydroxylation is 1. The van der Waals surface area contributed by atoms with Crippen LogP contribution in [0.3, 0.4) is 0 Å². The molecule has 0 N–H and O–H groups in total. The molecule has 0 heterocycles. The highest BCUT2D eigenvalue weighted by atomic mass is 32.2. The lowest BCUT2D eigenvalue weighted by atomic mass is 10.1. The molecule has 0 fully saturated rings. The molecule has 2 aromatic rings. The lowest BCUT2D eigenvalue weighted by Gasteiger charge is -2.07. The Bertz CT molecular complexity index is 1020. The number of carbonyl (C=O) groups excluding carboxylic acids is 2. The summed E-state index contributed by atoms with van der Waals surface area (Å²) in [7, 11) is -0.489. The monoisotopic (exact) mass is 435 g/mol. The predicted octanol–water partition coefficient (Wildman–Crippen LogP) is 3.06. The summed E-state index contributed by atoms with van der Waals surface area (Å²) in [5, 5.41) is 5.04. The van der Waals surface area contributed by atoms with Gasteiger partial charge in [0.1, 0.15) is 9.80 Å². The third-order valence-corrected chi connectivity index (χ3v) is 5.56. The molecule has 0 aliphatic heterocycles. The number of ether oxygens (including phenoxy) is 2. The van der Waals surface area contributed by atoms with E-state index < -0.39 is 21.7 Å². The van der Waals surface area contributed by atoms with Crippen LogP contribution in [0.5, 0.6) is 0 Å². The molecule has 0 saturated heterocycles. The van der Waals surface area contributed by atoms with Crippen LogP contribution in [-0.2, 0) is 28.4 Å². The van der Waals surface area contributed by atoms with E-state index in [1.165, 1.54) is 25.8 Å². The van der Waals surface area contributed by atoms with Crippen LogP contribution in [0.25, 0.3) is 0 Å². The standard InChI is InChI=1S/C20H21NO6S2/c1-14-5-11-17(12-6-14)28-18(20(23)26-3)21-27-29(4,24)13-15-7-9-16(10-8-15)19(22)25-2/h5-13H,1-4H3. The van der Waals surface area contributed by atoms with Gasteiger partial charge < -0.3 is 13.8 Å². The van der Waals surface area contributed by atoms with Gasteiger partial charge in [-0.05, 0) is 36.8 Å². The fourth-order valence-electron chi connectivity index (χ4n) is 2.09. The number of carbonyl (C=O) groups is 2. The van der Waals surface area contributed by atoms with Crippen molar-refractivity contribution >= 4 is 43.9 Å². The molecular formula is C20H21NO6S2. The first-order valence-electron chi connectivity index (χ1n) is 8.36. The van der Waals surface area contributed by atoms with Crippen LogP contribution in [0, 0.1) is 6.92 Å². The van der Waals surface area contributed by atoms with Gasteiger partial charge >= 0.3 is 11.9 Å². The number of hydrogen-bond acceptors (Lipinski definition) is 8. The van der Waals surface area contributed by atoms with Crippen molar-refractivity contribution in [1.29, 1.82) is 0 Å². The van der Waals surface area contributed by atoms with E-state index in [1.807, 2.05) is 31.2 Å². The highest BCUT2D eigenvalue weighted by molar-refractivity contribution is 8.15. The van der Waals surface area contributed by atoms with Gasteiger partial charge in [-0.3, -0.25) is 0 Å². The van der Waals surface area contributed by atoms with E-state index >= 15 is 0 Å². The van der Waals surface area contributed by atoms with Gasteiger partial charge in [0.15, 0.2) is 0 Å². The van der Waals surface area contributed by atoms with E-state index in [4.69, 9.17) is 9.02 Å². The van der Waals surface area contributed by atoms with Crippen molar-refractivity contribution in [3.63, 3.8) is 0 Å². The van der Waals surface area contributed by atoms with Gasteiger partial charge in [-0.25, -0.2) is 13.8 Å². The number of nitrogens with zero attached hydrogens (tertiary/aromatic N) is 1. The minimum atomic E-state index is -3.01. The maximum absolute atomic E-state index is 12.7. The second kappa shape index (κ2) is 10.1. The third kappa shape index (κ3) is 6.95. The second-order valence-electron chi connectivity index (χ2n) is 5.94. The molecule has 7 nitrogen and oxygen atoms in total. The molecule has 0 aliphatic rings. The van der Waals surface area contributed by atoms with Crippen molar-refractivity contribution in [2.24, 2.45) is 5.16 Å². The Morgan fingerprint density at radius 1 is 1.00 bits per heavy atom. The van der Waals surface area contributed by atoms with Crippen molar-refractivity contribution < 1.29 is 27.6 Å². The molecule has 29 heavy (non-hydrogen) atoms. The maximum atomic E-state index is 12.7. The molecule has 0 saturated carbocycles. The van der Waals surface area contributed by atoms with Crippen LogP contribution in [-0.4, -0.2) is 47.0 Å². The number of esters is 2. The SMILES string of the molecule is COC(=O)C(=NOS(C)(=O)=Cc1ccc(C(=O)OC)cc1)Sc1ccc(C)cc1. The highest BCUT2D eigenvalue weighted by Crippen LogP contribution is 2.21. The van der Waals surface area contributed by atoms with Gasteiger partial charge in [0.2, 0.25) is 5.04 Å². The summed E-state index contributed by atoms with van der Waals surface area (Å²) in [6.07, 6.45) is 1.34. The Kier molecular flexibility index (Phi) is 7.86. The number of thioether (sulfide) groups is 1. The van der Waals surface area contributed by atoms with Crippen molar-refractivity contribution in [2.75, 3.05) is 20.5 Å². The molecule has 154 valence electrons. The van der Waals surface area contributed by atoms with E-state index in [1.54, 1.807) is 24.3 Å². The topological polar surface area (TPSA) is 91.3 Å². The first kappa shape index (κ1) is 22.5. The van der Waals surface area contributed by atoms with Gasteiger partial charge in [0.05, 0.1) is 19.8 Å². The molecule has 0 amide bonds. The summed E-state index contributed by atoms with van der Waals surface area (Å²) in [6, 6.07) is 13.7. The summed E-state index contributed by atoms with van der Waals surface area (Å²) in [5.74, 6) is -1.17. The highest BCUT2D eigenvalue weighted by Gasteiger charge is 2.16. The van der Waals surface area contributed by atoms with Crippen LogP contribution in [0.1, 0.15) is 21.5 Å². The Labute approximate surface area is 174 Å². The van der Waals surface area contributed by atoms with Crippen molar-refractivity contribution in [2.45, 2.75) is 11.8 Å². The number of benzene rings is 2. The average Bonchev–Trinajstić information content (AvgIpc) is 2.71. The zero-order valence-corrected chi connectivity index (χ0v) is 18.0. The summed E-state index contributed by atoms with van der Waals surface area (Å²) in [6.45, 7) is 1.95. The van der Waals surface area contributed by atoms with Crippen LogP contribution in [0.15, 0.2) is 58.6 Å². The van der Waals surface area contributed by atoms with Gasteiger partial charge in [-0.2, -0.15) is 0 Å². The van der Waals surface area contributed by atoms with Gasteiger partial charge in [-0.15, -0.1) is 0 Å². The summed E-state index contributed by atoms with van der Waals surface area (Å²) < 4.78 is 27.2. The number of hydrogen-bond donors (Lipinski definition) is 0. The van der Waals surface area contributed by atoms with E-state index in [0.29, 0.717) is 11.1 Å². The zero-order valence-electron chi connectivity index (χ0n) is 16.4. The molecular weight excluding hydrogens is 414 g/mol. The summed E-state index contributed by atoms with van der Waals surface area (Å²) >= 11 is 1.04. The molecule has 2 aromatic carbocycles. The van der Waals surface area contributed by atoms with Gasteiger partial charge in [0, 0.05) is 16.5 Å². The van der Waals surface area contributed by atoms with E-state index in [-0.39, 0.29) is 5.04 Å². The minimum Gasteiger partial charge on any atom is -0.465 e. The van der Waals surface area contributed by atoms with Crippen LogP contribution >= 0.6 is 11.8 Å². The Morgan fingerprint density at radius 2 is 1.62 bits per heavy atom. The zero-order chi connectivity index (χ0) is 21.4. The van der Waals surface area contributed by atoms with E-state index in [9.17, 15) is 13.8 Å². The molecule has 1 atom stereocenters. The van der Waals surface area contributed by atoms with E-state index in [0.717, 1.165) is 22.2 Å². The average molecular weight is 436 g/mol. The van der Waals surface area contributed by atoms with Crippen LogP contribution in [0.4, 0.5) is 0 Å². The maximum Gasteiger partial charge on any atom is 0.367 e. The molecule has 0 aromatic heterocycles. The van der Waals surface area contributed by atoms with Gasteiger partial charge in [-0.1, -0.05) is 46.7 Å². The lowest BCUT2D eigenvalue weighted by molar-refractivity contribution is -0.132. The molecule has 2 rings (SSSR count). The normalized spacial score (nSPS) is 13.2. The van der Waals surface area contributed by atoms with Gasteiger partial charge in [0.25, 0.3) is 0 Å². The fourth-order valence-corrected chi connectivity index (χ4v) is 3.80. The summed E-state index contributed by atoms with van der Waals surface area (Å²) in [5.41, 5.74) is 2.01. The number of rotatable bonds is 5. The smallest absolute Gasteiger partial charge is 0.367 e. The molecule has 0 spiro atoms.